The quantitative estimate of drug-likeness (QED) is 0.857. The molecule has 0 amide bonds. The van der Waals surface area contributed by atoms with E-state index in [1.54, 1.807) is 0 Å². The molecule has 2 rings (SSSR count). The van der Waals surface area contributed by atoms with Gasteiger partial charge in [0.2, 0.25) is 0 Å². The molecule has 0 saturated heterocycles. The van der Waals surface area contributed by atoms with Crippen molar-refractivity contribution in [1.82, 2.24) is 0 Å². The van der Waals surface area contributed by atoms with Crippen LogP contribution in [0.15, 0.2) is 12.1 Å². The third kappa shape index (κ3) is 2.39. The highest BCUT2D eigenvalue weighted by atomic mass is 16.5. The summed E-state index contributed by atoms with van der Waals surface area (Å²) >= 11 is 0. The third-order valence-corrected chi connectivity index (χ3v) is 3.05. The monoisotopic (exact) mass is 235 g/mol. The molecule has 1 aliphatic heterocycles. The summed E-state index contributed by atoms with van der Waals surface area (Å²) in [6, 6.07) is 4.06. The van der Waals surface area contributed by atoms with Crippen LogP contribution in [0.4, 0.5) is 0 Å². The van der Waals surface area contributed by atoms with Gasteiger partial charge in [0.1, 0.15) is 0 Å². The van der Waals surface area contributed by atoms with Gasteiger partial charge in [0.25, 0.3) is 0 Å². The lowest BCUT2D eigenvalue weighted by Crippen LogP contribution is -2.11. The Morgan fingerprint density at radius 3 is 2.47 bits per heavy atom. The largest absolute Gasteiger partial charge is 0.490 e. The Kier molecular flexibility index (Phi) is 3.57. The average Bonchev–Trinajstić information content (AvgIpc) is 2.51. The van der Waals surface area contributed by atoms with Gasteiger partial charge < -0.3 is 15.2 Å². The van der Waals surface area contributed by atoms with Crippen LogP contribution in [0.5, 0.6) is 11.5 Å². The molecule has 94 valence electrons. The fraction of sp³-hybridized carbons (Fsp3) is 0.571. The molecule has 2 N–H and O–H groups in total. The van der Waals surface area contributed by atoms with Crippen LogP contribution < -0.4 is 15.2 Å². The van der Waals surface area contributed by atoms with Gasteiger partial charge in [-0.2, -0.15) is 0 Å². The van der Waals surface area contributed by atoms with Gasteiger partial charge in [-0.15, -0.1) is 0 Å². The first-order valence-corrected chi connectivity index (χ1v) is 6.29. The molecule has 1 aliphatic rings. The number of rotatable bonds is 2. The first-order chi connectivity index (χ1) is 8.11. The predicted molar refractivity (Wildman–Crippen MR) is 68.7 cm³/mol. The summed E-state index contributed by atoms with van der Waals surface area (Å²) in [5, 5.41) is 0. The minimum absolute atomic E-state index is 0.0181. The van der Waals surface area contributed by atoms with Crippen LogP contribution >= 0.6 is 0 Å². The maximum atomic E-state index is 6.03. The molecule has 0 aliphatic carbocycles. The highest BCUT2D eigenvalue weighted by molar-refractivity contribution is 5.53. The summed E-state index contributed by atoms with van der Waals surface area (Å²) < 4.78 is 11.6. The summed E-state index contributed by atoms with van der Waals surface area (Å²) in [7, 11) is 0. The highest BCUT2D eigenvalue weighted by Gasteiger charge is 2.21. The molecular weight excluding hydrogens is 214 g/mol. The molecule has 1 heterocycles. The molecule has 3 heteroatoms. The Morgan fingerprint density at radius 2 is 1.82 bits per heavy atom. The van der Waals surface area contributed by atoms with Crippen LogP contribution in [0.3, 0.4) is 0 Å². The van der Waals surface area contributed by atoms with Crippen LogP contribution in [0.2, 0.25) is 0 Å². The molecule has 0 spiro atoms. The summed E-state index contributed by atoms with van der Waals surface area (Å²) in [4.78, 5) is 0. The lowest BCUT2D eigenvalue weighted by atomic mass is 9.92. The Morgan fingerprint density at radius 1 is 1.12 bits per heavy atom. The average molecular weight is 235 g/mol. The second-order valence-corrected chi connectivity index (χ2v) is 4.89. The van der Waals surface area contributed by atoms with Crippen molar-refractivity contribution < 1.29 is 9.47 Å². The van der Waals surface area contributed by atoms with Crippen molar-refractivity contribution in [2.24, 2.45) is 5.73 Å². The summed E-state index contributed by atoms with van der Waals surface area (Å²) in [6.07, 6.45) is 0.930. The number of benzene rings is 1. The Balaban J connectivity index is 2.55. The molecule has 3 nitrogen and oxygen atoms in total. The molecule has 0 aromatic heterocycles. The van der Waals surface area contributed by atoms with E-state index < -0.39 is 0 Å². The number of nitrogens with two attached hydrogens (primary N) is 1. The number of fused-ring (bicyclic) bond motifs is 1. The van der Waals surface area contributed by atoms with Crippen LogP contribution in [0.1, 0.15) is 50.3 Å². The van der Waals surface area contributed by atoms with Gasteiger partial charge in [-0.1, -0.05) is 19.9 Å². The van der Waals surface area contributed by atoms with Crippen LogP contribution in [-0.4, -0.2) is 13.2 Å². The summed E-state index contributed by atoms with van der Waals surface area (Å²) in [6.45, 7) is 7.77. The number of hydrogen-bond acceptors (Lipinski definition) is 3. The second-order valence-electron chi connectivity index (χ2n) is 4.89. The molecule has 1 aromatic rings. The molecule has 17 heavy (non-hydrogen) atoms. The maximum Gasteiger partial charge on any atom is 0.164 e. The molecule has 0 fully saturated rings. The summed E-state index contributed by atoms with van der Waals surface area (Å²) in [5.41, 5.74) is 8.38. The fourth-order valence-electron chi connectivity index (χ4n) is 2.27. The molecule has 0 bridgehead atoms. The van der Waals surface area contributed by atoms with Gasteiger partial charge in [0.05, 0.1) is 13.2 Å². The van der Waals surface area contributed by atoms with Crippen molar-refractivity contribution in [3.63, 3.8) is 0 Å². The van der Waals surface area contributed by atoms with Gasteiger partial charge in [-0.3, -0.25) is 0 Å². The Labute approximate surface area is 103 Å². The predicted octanol–water partition coefficient (Wildman–Crippen LogP) is 2.99. The van der Waals surface area contributed by atoms with E-state index in [9.17, 15) is 0 Å². The van der Waals surface area contributed by atoms with Crippen molar-refractivity contribution in [1.29, 1.82) is 0 Å². The van der Waals surface area contributed by atoms with E-state index in [1.165, 1.54) is 5.56 Å². The minimum atomic E-state index is 0.0181. The van der Waals surface area contributed by atoms with Crippen LogP contribution in [-0.2, 0) is 0 Å². The lowest BCUT2D eigenvalue weighted by Gasteiger charge is -2.21. The lowest BCUT2D eigenvalue weighted by molar-refractivity contribution is 0.295. The molecule has 1 unspecified atom stereocenters. The molecule has 0 radical (unpaired) electrons. The van der Waals surface area contributed by atoms with Crippen molar-refractivity contribution in [3.8, 4) is 11.5 Å². The van der Waals surface area contributed by atoms with Crippen LogP contribution in [0.25, 0.3) is 0 Å². The van der Waals surface area contributed by atoms with E-state index in [0.717, 1.165) is 36.7 Å². The molecule has 0 saturated carbocycles. The van der Waals surface area contributed by atoms with E-state index in [2.05, 4.69) is 19.9 Å². The molecular formula is C14H21NO2. The SMILES string of the molecule is CC(C)c1c(C(C)N)ccc2c1OCCCO2. The first kappa shape index (κ1) is 12.2. The highest BCUT2D eigenvalue weighted by Crippen LogP contribution is 2.41. The second kappa shape index (κ2) is 4.96. The van der Waals surface area contributed by atoms with Gasteiger partial charge in [-0.05, 0) is 24.5 Å². The number of ether oxygens (including phenoxy) is 2. The van der Waals surface area contributed by atoms with E-state index in [4.69, 9.17) is 15.2 Å². The van der Waals surface area contributed by atoms with E-state index in [1.807, 2.05) is 13.0 Å². The third-order valence-electron chi connectivity index (χ3n) is 3.05. The Hall–Kier alpha value is -1.22. The van der Waals surface area contributed by atoms with E-state index in [0.29, 0.717) is 5.92 Å². The molecule has 1 atom stereocenters. The topological polar surface area (TPSA) is 44.5 Å². The van der Waals surface area contributed by atoms with Crippen molar-refractivity contribution >= 4 is 0 Å². The van der Waals surface area contributed by atoms with Gasteiger partial charge >= 0.3 is 0 Å². The minimum Gasteiger partial charge on any atom is -0.490 e. The van der Waals surface area contributed by atoms with Crippen molar-refractivity contribution in [2.45, 2.75) is 39.2 Å². The van der Waals surface area contributed by atoms with E-state index in [-0.39, 0.29) is 6.04 Å². The van der Waals surface area contributed by atoms with Crippen LogP contribution in [0, 0.1) is 0 Å². The van der Waals surface area contributed by atoms with Gasteiger partial charge in [-0.25, -0.2) is 0 Å². The van der Waals surface area contributed by atoms with Crippen molar-refractivity contribution in [3.05, 3.63) is 23.3 Å². The maximum absolute atomic E-state index is 6.03. The zero-order valence-electron chi connectivity index (χ0n) is 10.8. The van der Waals surface area contributed by atoms with Gasteiger partial charge in [0.15, 0.2) is 11.5 Å². The summed E-state index contributed by atoms with van der Waals surface area (Å²) in [5.74, 6) is 2.13. The van der Waals surface area contributed by atoms with Gasteiger partial charge in [0, 0.05) is 18.0 Å². The standard InChI is InChI=1S/C14H21NO2/c1-9(2)13-11(10(3)15)5-6-12-14(13)17-8-4-7-16-12/h5-6,9-10H,4,7-8,15H2,1-3H3. The fourth-order valence-corrected chi connectivity index (χ4v) is 2.27. The normalized spacial score (nSPS) is 16.8. The van der Waals surface area contributed by atoms with Crippen molar-refractivity contribution in [2.75, 3.05) is 13.2 Å². The Bertz CT molecular complexity index is 399. The first-order valence-electron chi connectivity index (χ1n) is 6.29. The zero-order chi connectivity index (χ0) is 12.4. The zero-order valence-corrected chi connectivity index (χ0v) is 10.8. The molecule has 1 aromatic carbocycles. The smallest absolute Gasteiger partial charge is 0.164 e. The van der Waals surface area contributed by atoms with E-state index >= 15 is 0 Å². The number of hydrogen-bond donors (Lipinski definition) is 1.